The highest BCUT2D eigenvalue weighted by atomic mass is 16.5. The van der Waals surface area contributed by atoms with Crippen LogP contribution in [0.3, 0.4) is 0 Å². The smallest absolute Gasteiger partial charge is 0.0547 e. The Hall–Kier alpha value is -0.0800. The first-order valence-corrected chi connectivity index (χ1v) is 15.4. The summed E-state index contributed by atoms with van der Waals surface area (Å²) in [6, 6.07) is 0. The average Bonchev–Trinajstić information content (AvgIpc) is 2.80. The van der Waals surface area contributed by atoms with Crippen molar-refractivity contribution >= 4 is 0 Å². The minimum atomic E-state index is 0.462. The molecule has 33 heavy (non-hydrogen) atoms. The van der Waals surface area contributed by atoms with Gasteiger partial charge in [0.25, 0.3) is 0 Å². The zero-order valence-corrected chi connectivity index (χ0v) is 23.4. The second-order valence-corrected chi connectivity index (χ2v) is 12.1. The molecular formula is C31H61NO. The molecule has 1 aliphatic carbocycles. The third kappa shape index (κ3) is 11.9. The molecule has 1 atom stereocenters. The summed E-state index contributed by atoms with van der Waals surface area (Å²) in [4.78, 5) is 2.86. The molecule has 2 aliphatic rings. The molecule has 0 radical (unpaired) electrons. The normalized spacial score (nSPS) is 19.9. The summed E-state index contributed by atoms with van der Waals surface area (Å²) >= 11 is 0. The van der Waals surface area contributed by atoms with E-state index in [2.05, 4.69) is 32.6 Å². The summed E-state index contributed by atoms with van der Waals surface area (Å²) in [5.41, 5.74) is 0.730. The highest BCUT2D eigenvalue weighted by molar-refractivity contribution is 4.97. The first-order valence-electron chi connectivity index (χ1n) is 15.4. The van der Waals surface area contributed by atoms with Crippen LogP contribution in [0.4, 0.5) is 0 Å². The third-order valence-electron chi connectivity index (χ3n) is 8.93. The Morgan fingerprint density at radius 2 is 1.36 bits per heavy atom. The lowest BCUT2D eigenvalue weighted by Gasteiger charge is -2.53. The van der Waals surface area contributed by atoms with Crippen LogP contribution in [0.25, 0.3) is 0 Å². The number of likely N-dealkylation sites (tertiary alicyclic amines) is 1. The molecule has 1 unspecified atom stereocenters. The zero-order chi connectivity index (χ0) is 23.8. The second kappa shape index (κ2) is 17.4. The van der Waals surface area contributed by atoms with Crippen LogP contribution in [0, 0.1) is 17.3 Å². The van der Waals surface area contributed by atoms with Gasteiger partial charge in [0, 0.05) is 13.2 Å². The zero-order valence-electron chi connectivity index (χ0n) is 23.4. The van der Waals surface area contributed by atoms with E-state index in [1.165, 1.54) is 142 Å². The number of piperidine rings is 1. The number of rotatable bonds is 20. The third-order valence-corrected chi connectivity index (χ3v) is 8.93. The topological polar surface area (TPSA) is 12.5 Å². The van der Waals surface area contributed by atoms with Gasteiger partial charge in [-0.15, -0.1) is 0 Å². The molecule has 1 saturated heterocycles. The number of hydrogen-bond donors (Lipinski definition) is 0. The van der Waals surface area contributed by atoms with Crippen molar-refractivity contribution in [3.8, 4) is 0 Å². The number of hydrogen-bond acceptors (Lipinski definition) is 2. The monoisotopic (exact) mass is 463 g/mol. The van der Waals surface area contributed by atoms with Crippen molar-refractivity contribution in [3.63, 3.8) is 0 Å². The fraction of sp³-hybridized carbons (Fsp3) is 1.00. The maximum Gasteiger partial charge on any atom is 0.0547 e. The molecule has 0 aromatic heterocycles. The maximum atomic E-state index is 6.03. The molecule has 2 heteroatoms. The van der Waals surface area contributed by atoms with Crippen LogP contribution in [-0.4, -0.2) is 37.2 Å². The summed E-state index contributed by atoms with van der Waals surface area (Å²) in [7, 11) is 0. The van der Waals surface area contributed by atoms with Crippen molar-refractivity contribution < 1.29 is 4.74 Å². The van der Waals surface area contributed by atoms with Crippen LogP contribution in [0.2, 0.25) is 0 Å². The van der Waals surface area contributed by atoms with Crippen LogP contribution >= 0.6 is 0 Å². The van der Waals surface area contributed by atoms with Gasteiger partial charge in [-0.25, -0.2) is 0 Å². The van der Waals surface area contributed by atoms with Crippen molar-refractivity contribution in [2.45, 2.75) is 156 Å². The van der Waals surface area contributed by atoms with Crippen molar-refractivity contribution in [2.24, 2.45) is 17.3 Å². The van der Waals surface area contributed by atoms with E-state index in [4.69, 9.17) is 4.74 Å². The van der Waals surface area contributed by atoms with Gasteiger partial charge in [0.1, 0.15) is 0 Å². The Bertz CT molecular complexity index is 436. The lowest BCUT2D eigenvalue weighted by Crippen LogP contribution is -2.48. The van der Waals surface area contributed by atoms with E-state index in [0.717, 1.165) is 23.9 Å². The fourth-order valence-corrected chi connectivity index (χ4v) is 6.63. The SMILES string of the molecule is CCCCCCC(CCCCCC)CN1CCC2(CC1)CC(CCCOC(C)CCCC)C2. The van der Waals surface area contributed by atoms with Gasteiger partial charge >= 0.3 is 0 Å². The summed E-state index contributed by atoms with van der Waals surface area (Å²) < 4.78 is 6.03. The van der Waals surface area contributed by atoms with E-state index in [1.54, 1.807) is 0 Å². The molecule has 2 rings (SSSR count). The van der Waals surface area contributed by atoms with Gasteiger partial charge in [-0.05, 0) is 95.1 Å². The van der Waals surface area contributed by atoms with Crippen LogP contribution in [0.5, 0.6) is 0 Å². The molecule has 1 aliphatic heterocycles. The van der Waals surface area contributed by atoms with Gasteiger partial charge in [-0.2, -0.15) is 0 Å². The number of unbranched alkanes of at least 4 members (excludes halogenated alkanes) is 7. The molecule has 0 N–H and O–H groups in total. The van der Waals surface area contributed by atoms with Crippen molar-refractivity contribution in [3.05, 3.63) is 0 Å². The Morgan fingerprint density at radius 3 is 1.94 bits per heavy atom. The molecule has 196 valence electrons. The highest BCUT2D eigenvalue weighted by Crippen LogP contribution is 2.54. The maximum absolute atomic E-state index is 6.03. The van der Waals surface area contributed by atoms with E-state index < -0.39 is 0 Å². The van der Waals surface area contributed by atoms with Gasteiger partial charge in [-0.1, -0.05) is 85.0 Å². The molecule has 0 aromatic rings. The highest BCUT2D eigenvalue weighted by Gasteiger charge is 2.45. The average molecular weight is 464 g/mol. The minimum Gasteiger partial charge on any atom is -0.379 e. The molecule has 2 nitrogen and oxygen atoms in total. The fourth-order valence-electron chi connectivity index (χ4n) is 6.63. The Morgan fingerprint density at radius 1 is 0.758 bits per heavy atom. The summed E-state index contributed by atoms with van der Waals surface area (Å²) in [5, 5.41) is 0. The number of nitrogens with zero attached hydrogens (tertiary/aromatic N) is 1. The van der Waals surface area contributed by atoms with Gasteiger partial charge in [0.15, 0.2) is 0 Å². The Labute approximate surface area is 209 Å². The second-order valence-electron chi connectivity index (χ2n) is 12.1. The van der Waals surface area contributed by atoms with Crippen LogP contribution in [-0.2, 0) is 4.74 Å². The summed E-state index contributed by atoms with van der Waals surface area (Å²) in [6.45, 7) is 14.3. The van der Waals surface area contributed by atoms with E-state index >= 15 is 0 Å². The van der Waals surface area contributed by atoms with E-state index in [-0.39, 0.29) is 0 Å². The molecule has 2 fully saturated rings. The van der Waals surface area contributed by atoms with Crippen molar-refractivity contribution in [1.82, 2.24) is 4.90 Å². The van der Waals surface area contributed by atoms with Gasteiger partial charge in [0.05, 0.1) is 6.10 Å². The van der Waals surface area contributed by atoms with E-state index in [0.29, 0.717) is 6.10 Å². The van der Waals surface area contributed by atoms with Crippen molar-refractivity contribution in [2.75, 3.05) is 26.2 Å². The molecule has 1 spiro atoms. The molecule has 0 amide bonds. The largest absolute Gasteiger partial charge is 0.379 e. The first-order chi connectivity index (χ1) is 16.1. The lowest BCUT2D eigenvalue weighted by atomic mass is 9.56. The van der Waals surface area contributed by atoms with E-state index in [1.807, 2.05) is 0 Å². The van der Waals surface area contributed by atoms with Crippen LogP contribution < -0.4 is 0 Å². The molecule has 0 aromatic carbocycles. The van der Waals surface area contributed by atoms with Crippen LogP contribution in [0.15, 0.2) is 0 Å². The molecular weight excluding hydrogens is 402 g/mol. The Kier molecular flexibility index (Phi) is 15.3. The first kappa shape index (κ1) is 29.2. The van der Waals surface area contributed by atoms with Gasteiger partial charge in [-0.3, -0.25) is 0 Å². The number of ether oxygens (including phenoxy) is 1. The summed E-state index contributed by atoms with van der Waals surface area (Å²) in [6.07, 6.45) is 27.4. The van der Waals surface area contributed by atoms with Gasteiger partial charge < -0.3 is 9.64 Å². The predicted octanol–water partition coefficient (Wildman–Crippen LogP) is 9.41. The quantitative estimate of drug-likeness (QED) is 0.167. The predicted molar refractivity (Wildman–Crippen MR) is 146 cm³/mol. The Balaban J connectivity index is 1.59. The minimum absolute atomic E-state index is 0.462. The lowest BCUT2D eigenvalue weighted by molar-refractivity contribution is -0.0251. The van der Waals surface area contributed by atoms with Crippen LogP contribution in [0.1, 0.15) is 150 Å². The molecule has 1 saturated carbocycles. The standard InChI is InChI=1S/C31H61NO/c1-5-8-11-13-17-29(18-14-12-9-6-2)27-32-22-20-31(21-23-32)25-30(26-31)19-15-24-33-28(4)16-10-7-3/h28-30H,5-27H2,1-4H3. The molecule has 1 heterocycles. The van der Waals surface area contributed by atoms with Gasteiger partial charge in [0.2, 0.25) is 0 Å². The summed E-state index contributed by atoms with van der Waals surface area (Å²) in [5.74, 6) is 1.96. The van der Waals surface area contributed by atoms with Crippen molar-refractivity contribution in [1.29, 1.82) is 0 Å². The van der Waals surface area contributed by atoms with E-state index in [9.17, 15) is 0 Å². The molecule has 0 bridgehead atoms.